The van der Waals surface area contributed by atoms with E-state index in [0.29, 0.717) is 12.8 Å². The lowest BCUT2D eigenvalue weighted by Crippen LogP contribution is -2.42. The monoisotopic (exact) mass is 314 g/mol. The zero-order valence-electron chi connectivity index (χ0n) is 11.5. The highest BCUT2D eigenvalue weighted by molar-refractivity contribution is 7.92. The summed E-state index contributed by atoms with van der Waals surface area (Å²) in [5.74, 6) is -1.27. The summed E-state index contributed by atoms with van der Waals surface area (Å²) in [7, 11) is -3.23. The lowest BCUT2D eigenvalue weighted by Gasteiger charge is -2.11. The molecule has 1 aromatic heterocycles. The number of carbonyl (C=O) groups is 2. The predicted octanol–water partition coefficient (Wildman–Crippen LogP) is 0.788. The summed E-state index contributed by atoms with van der Waals surface area (Å²) in [6, 6.07) is 3.00. The minimum Gasteiger partial charge on any atom is -0.459 e. The van der Waals surface area contributed by atoms with E-state index in [0.717, 1.165) is 12.8 Å². The van der Waals surface area contributed by atoms with Crippen LogP contribution in [0.3, 0.4) is 0 Å². The standard InChI is InChI=1S/C13H18N2O5S/c16-12(14-15-13(17)11-6-3-8-20-11)7-9-21(18,19)10-4-1-2-5-10/h3,6,8,10H,1-2,4-5,7,9H2,(H,14,16)(H,15,17). The van der Waals surface area contributed by atoms with Crippen LogP contribution in [0, 0.1) is 0 Å². The molecule has 0 unspecified atom stereocenters. The molecule has 1 heterocycles. The van der Waals surface area contributed by atoms with Crippen molar-refractivity contribution in [3.05, 3.63) is 24.2 Å². The van der Waals surface area contributed by atoms with Crippen molar-refractivity contribution in [1.29, 1.82) is 0 Å². The van der Waals surface area contributed by atoms with Gasteiger partial charge in [-0.25, -0.2) is 8.42 Å². The Balaban J connectivity index is 1.73. The highest BCUT2D eigenvalue weighted by Crippen LogP contribution is 2.25. The van der Waals surface area contributed by atoms with Gasteiger partial charge in [0.15, 0.2) is 15.6 Å². The number of rotatable bonds is 5. The van der Waals surface area contributed by atoms with Gasteiger partial charge in [-0.15, -0.1) is 0 Å². The molecule has 8 heteroatoms. The molecule has 21 heavy (non-hydrogen) atoms. The van der Waals surface area contributed by atoms with Crippen LogP contribution in [0.25, 0.3) is 0 Å². The average molecular weight is 314 g/mol. The molecule has 1 aliphatic carbocycles. The molecule has 1 saturated carbocycles. The zero-order chi connectivity index (χ0) is 15.3. The van der Waals surface area contributed by atoms with Gasteiger partial charge in [0.2, 0.25) is 5.91 Å². The van der Waals surface area contributed by atoms with Gasteiger partial charge in [-0.2, -0.15) is 0 Å². The first kappa shape index (κ1) is 15.6. The van der Waals surface area contributed by atoms with Crippen LogP contribution in [-0.4, -0.2) is 31.2 Å². The third-order valence-electron chi connectivity index (χ3n) is 3.48. The lowest BCUT2D eigenvalue weighted by molar-refractivity contribution is -0.121. The smallest absolute Gasteiger partial charge is 0.305 e. The summed E-state index contributed by atoms with van der Waals surface area (Å²) in [5, 5.41) is -0.317. The van der Waals surface area contributed by atoms with Crippen molar-refractivity contribution in [3.63, 3.8) is 0 Å². The van der Waals surface area contributed by atoms with Crippen molar-refractivity contribution in [1.82, 2.24) is 10.9 Å². The molecule has 2 rings (SSSR count). The van der Waals surface area contributed by atoms with Crippen LogP contribution >= 0.6 is 0 Å². The number of carbonyl (C=O) groups excluding carboxylic acids is 2. The van der Waals surface area contributed by atoms with Crippen LogP contribution in [-0.2, 0) is 14.6 Å². The van der Waals surface area contributed by atoms with Gasteiger partial charge in [-0.05, 0) is 25.0 Å². The Hall–Kier alpha value is -1.83. The van der Waals surface area contributed by atoms with Gasteiger partial charge in [0, 0.05) is 6.42 Å². The summed E-state index contributed by atoms with van der Waals surface area (Å²) >= 11 is 0. The fourth-order valence-electron chi connectivity index (χ4n) is 2.31. The van der Waals surface area contributed by atoms with Crippen molar-refractivity contribution >= 4 is 21.7 Å². The largest absolute Gasteiger partial charge is 0.459 e. The second-order valence-corrected chi connectivity index (χ2v) is 7.40. The van der Waals surface area contributed by atoms with E-state index in [9.17, 15) is 18.0 Å². The molecule has 0 aromatic carbocycles. The SMILES string of the molecule is O=C(CCS(=O)(=O)C1CCCC1)NNC(=O)c1ccco1. The molecule has 7 nitrogen and oxygen atoms in total. The number of hydrogen-bond acceptors (Lipinski definition) is 5. The Kier molecular flexibility index (Phi) is 5.00. The maximum atomic E-state index is 12.0. The van der Waals surface area contributed by atoms with Gasteiger partial charge in [0.25, 0.3) is 0 Å². The molecular weight excluding hydrogens is 296 g/mol. The van der Waals surface area contributed by atoms with Crippen molar-refractivity contribution in [3.8, 4) is 0 Å². The van der Waals surface area contributed by atoms with Gasteiger partial charge in [0.1, 0.15) is 0 Å². The van der Waals surface area contributed by atoms with Crippen molar-refractivity contribution in [2.24, 2.45) is 0 Å². The first-order valence-corrected chi connectivity index (χ1v) is 8.55. The molecule has 116 valence electrons. The number of sulfone groups is 1. The van der Waals surface area contributed by atoms with Gasteiger partial charge in [-0.3, -0.25) is 20.4 Å². The first-order valence-electron chi connectivity index (χ1n) is 6.83. The van der Waals surface area contributed by atoms with E-state index in [1.54, 1.807) is 6.07 Å². The summed E-state index contributed by atoms with van der Waals surface area (Å²) in [5.41, 5.74) is 4.33. The highest BCUT2D eigenvalue weighted by Gasteiger charge is 2.28. The molecule has 2 N–H and O–H groups in total. The summed E-state index contributed by atoms with van der Waals surface area (Å²) in [4.78, 5) is 23.0. The average Bonchev–Trinajstić information content (AvgIpc) is 3.14. The van der Waals surface area contributed by atoms with Gasteiger partial charge < -0.3 is 4.42 Å². The second-order valence-electron chi connectivity index (χ2n) is 5.00. The Morgan fingerprint density at radius 2 is 1.95 bits per heavy atom. The Morgan fingerprint density at radius 3 is 2.57 bits per heavy atom. The van der Waals surface area contributed by atoms with Gasteiger partial charge in [-0.1, -0.05) is 12.8 Å². The minimum atomic E-state index is -3.23. The van der Waals surface area contributed by atoms with Crippen LogP contribution in [0.1, 0.15) is 42.7 Å². The van der Waals surface area contributed by atoms with Crippen molar-refractivity contribution in [2.45, 2.75) is 37.4 Å². The molecule has 0 aliphatic heterocycles. The number of hydrogen-bond donors (Lipinski definition) is 2. The highest BCUT2D eigenvalue weighted by atomic mass is 32.2. The van der Waals surface area contributed by atoms with E-state index in [4.69, 9.17) is 4.42 Å². The van der Waals surface area contributed by atoms with E-state index >= 15 is 0 Å². The van der Waals surface area contributed by atoms with Gasteiger partial charge in [0.05, 0.1) is 17.3 Å². The molecule has 0 saturated heterocycles. The summed E-state index contributed by atoms with van der Waals surface area (Å²) in [6.07, 6.45) is 4.38. The number of furan rings is 1. The molecule has 1 aromatic rings. The molecule has 0 spiro atoms. The van der Waals surface area contributed by atoms with E-state index in [1.807, 2.05) is 0 Å². The van der Waals surface area contributed by atoms with E-state index in [-0.39, 0.29) is 23.2 Å². The quantitative estimate of drug-likeness (QED) is 0.782. The van der Waals surface area contributed by atoms with E-state index in [2.05, 4.69) is 10.9 Å². The Bertz CT molecular complexity index is 588. The fourth-order valence-corrected chi connectivity index (χ4v) is 4.16. The third-order valence-corrected chi connectivity index (χ3v) is 5.74. The summed E-state index contributed by atoms with van der Waals surface area (Å²) in [6.45, 7) is 0. The van der Waals surface area contributed by atoms with Crippen LogP contribution in [0.4, 0.5) is 0 Å². The zero-order valence-corrected chi connectivity index (χ0v) is 12.3. The normalized spacial score (nSPS) is 15.8. The van der Waals surface area contributed by atoms with Crippen LogP contribution in [0.15, 0.2) is 22.8 Å². The van der Waals surface area contributed by atoms with E-state index in [1.165, 1.54) is 12.3 Å². The number of hydrazine groups is 1. The van der Waals surface area contributed by atoms with Crippen LogP contribution in [0.5, 0.6) is 0 Å². The summed E-state index contributed by atoms with van der Waals surface area (Å²) < 4.78 is 28.8. The molecule has 0 atom stereocenters. The lowest BCUT2D eigenvalue weighted by atomic mass is 10.4. The van der Waals surface area contributed by atoms with Crippen molar-refractivity contribution in [2.75, 3.05) is 5.75 Å². The third kappa shape index (κ3) is 4.32. The molecule has 0 radical (unpaired) electrons. The maximum Gasteiger partial charge on any atom is 0.305 e. The molecule has 1 fully saturated rings. The first-order chi connectivity index (χ1) is 9.99. The Morgan fingerprint density at radius 1 is 1.24 bits per heavy atom. The second kappa shape index (κ2) is 6.75. The molecular formula is C13H18N2O5S. The topological polar surface area (TPSA) is 105 Å². The molecule has 2 amide bonds. The van der Waals surface area contributed by atoms with E-state index < -0.39 is 21.7 Å². The number of nitrogens with one attached hydrogen (secondary N) is 2. The number of amides is 2. The minimum absolute atomic E-state index is 0.0638. The molecule has 0 bridgehead atoms. The van der Waals surface area contributed by atoms with Crippen LogP contribution in [0.2, 0.25) is 0 Å². The van der Waals surface area contributed by atoms with Crippen LogP contribution < -0.4 is 10.9 Å². The molecule has 1 aliphatic rings. The van der Waals surface area contributed by atoms with Crippen molar-refractivity contribution < 1.29 is 22.4 Å². The van der Waals surface area contributed by atoms with Gasteiger partial charge >= 0.3 is 5.91 Å². The Labute approximate surface area is 123 Å². The maximum absolute atomic E-state index is 12.0. The predicted molar refractivity (Wildman–Crippen MR) is 75.0 cm³/mol. The fraction of sp³-hybridized carbons (Fsp3) is 0.538.